The Bertz CT molecular complexity index is 1370. The number of nitrogens with one attached hydrogen (secondary N) is 3. The Morgan fingerprint density at radius 1 is 1.15 bits per heavy atom. The number of carbonyl (C=O) groups is 2. The van der Waals surface area contributed by atoms with Crippen LogP contribution >= 0.6 is 0 Å². The molecule has 3 aromatic rings. The number of hydrogen-bond donors (Lipinski definition) is 3. The number of fused-ring (bicyclic) bond motifs is 1. The van der Waals surface area contributed by atoms with Gasteiger partial charge in [-0.3, -0.25) is 14.6 Å². The molecule has 2 saturated heterocycles. The van der Waals surface area contributed by atoms with Crippen LogP contribution in [-0.2, 0) is 25.6 Å². The molecule has 0 radical (unpaired) electrons. The Hall–Kier alpha value is -4.10. The van der Waals surface area contributed by atoms with E-state index in [-0.39, 0.29) is 30.4 Å². The van der Waals surface area contributed by atoms with Crippen LogP contribution < -0.4 is 16.0 Å². The molecule has 13 nitrogen and oxygen atoms in total. The van der Waals surface area contributed by atoms with Crippen molar-refractivity contribution in [2.24, 2.45) is 0 Å². The number of carbonyl (C=O) groups excluding carboxylic acids is 2. The second-order valence-corrected chi connectivity index (χ2v) is 10.1. The number of aromatic nitrogens is 5. The average Bonchev–Trinajstić information content (AvgIpc) is 3.41. The lowest BCUT2D eigenvalue weighted by atomic mass is 10.1. The van der Waals surface area contributed by atoms with Gasteiger partial charge in [-0.05, 0) is 36.5 Å². The van der Waals surface area contributed by atoms with E-state index in [1.807, 2.05) is 12.3 Å². The third-order valence-corrected chi connectivity index (χ3v) is 6.97. The summed E-state index contributed by atoms with van der Waals surface area (Å²) in [5.74, 6) is 0.671. The maximum atomic E-state index is 13.0. The summed E-state index contributed by atoms with van der Waals surface area (Å²) >= 11 is 0. The summed E-state index contributed by atoms with van der Waals surface area (Å²) in [6.07, 6.45) is 8.09. The zero-order chi connectivity index (χ0) is 28.1. The number of anilines is 3. The number of morpholine rings is 1. The molecule has 5 rings (SSSR count). The van der Waals surface area contributed by atoms with Crippen molar-refractivity contribution in [3.05, 3.63) is 48.4 Å². The zero-order valence-corrected chi connectivity index (χ0v) is 22.8. The van der Waals surface area contributed by atoms with Gasteiger partial charge in [0, 0.05) is 44.1 Å². The van der Waals surface area contributed by atoms with Crippen LogP contribution in [0.25, 0.3) is 5.65 Å². The molecule has 3 aromatic heterocycles. The monoisotopic (exact) mass is 549 g/mol. The van der Waals surface area contributed by atoms with Crippen molar-refractivity contribution in [1.82, 2.24) is 29.5 Å². The van der Waals surface area contributed by atoms with Crippen molar-refractivity contribution in [3.8, 4) is 0 Å². The Morgan fingerprint density at radius 3 is 2.75 bits per heavy atom. The summed E-state index contributed by atoms with van der Waals surface area (Å²) in [7, 11) is 0. The molecule has 1 atom stereocenters. The lowest BCUT2D eigenvalue weighted by Crippen LogP contribution is -2.53. The number of amides is 2. The van der Waals surface area contributed by atoms with Crippen molar-refractivity contribution < 1.29 is 19.1 Å². The van der Waals surface area contributed by atoms with Crippen molar-refractivity contribution in [1.29, 1.82) is 0 Å². The average molecular weight is 550 g/mol. The van der Waals surface area contributed by atoms with Gasteiger partial charge in [-0.1, -0.05) is 20.4 Å². The van der Waals surface area contributed by atoms with Crippen LogP contribution in [-0.4, -0.2) is 86.3 Å². The van der Waals surface area contributed by atoms with Crippen molar-refractivity contribution >= 4 is 35.0 Å². The topological polar surface area (TPSA) is 148 Å². The first-order chi connectivity index (χ1) is 19.4. The summed E-state index contributed by atoms with van der Waals surface area (Å²) in [6.45, 7) is 10.4. The molecule has 2 amide bonds. The maximum Gasteiger partial charge on any atom is 0.249 e. The predicted molar refractivity (Wildman–Crippen MR) is 149 cm³/mol. The SMILES string of the molecule is C=CC(=O)N1CCOCC1C(=O)Nc1cncc(CNc2nc(NC3CCOCC3)nc3c(C(C)C)cnn23)c1. The molecule has 0 aromatic carbocycles. The molecule has 5 heterocycles. The molecule has 0 saturated carbocycles. The van der Waals surface area contributed by atoms with Gasteiger partial charge in [0.05, 0.1) is 31.3 Å². The van der Waals surface area contributed by atoms with Gasteiger partial charge in [-0.25, -0.2) is 0 Å². The Balaban J connectivity index is 1.31. The number of rotatable bonds is 9. The molecular formula is C27H35N9O4. The zero-order valence-electron chi connectivity index (χ0n) is 22.8. The molecule has 13 heteroatoms. The van der Waals surface area contributed by atoms with Gasteiger partial charge in [0.15, 0.2) is 5.65 Å². The third kappa shape index (κ3) is 6.20. The van der Waals surface area contributed by atoms with Crippen molar-refractivity contribution in [2.45, 2.75) is 51.2 Å². The van der Waals surface area contributed by atoms with Gasteiger partial charge in [0.25, 0.3) is 0 Å². The Labute approximate surface area is 232 Å². The van der Waals surface area contributed by atoms with Gasteiger partial charge >= 0.3 is 0 Å². The van der Waals surface area contributed by atoms with Crippen LogP contribution in [0.5, 0.6) is 0 Å². The van der Waals surface area contributed by atoms with E-state index < -0.39 is 6.04 Å². The normalized spacial score (nSPS) is 18.1. The number of nitrogens with zero attached hydrogens (tertiary/aromatic N) is 6. The smallest absolute Gasteiger partial charge is 0.249 e. The standard InChI is InChI=1S/C27H35N9O4/c1-4-23(37)35-7-10-40-16-22(35)25(38)31-20-11-18(12-28-14-20)13-29-27-34-26(32-19-5-8-39-9-6-19)33-24-21(17(2)3)15-30-36(24)27/h4,11-12,14-15,17,19,22H,1,5-10,13,16H2,2-3H3,(H,31,38)(H2,29,32,33,34). The van der Waals surface area contributed by atoms with E-state index in [0.29, 0.717) is 50.5 Å². The van der Waals surface area contributed by atoms with Gasteiger partial charge in [0.1, 0.15) is 6.04 Å². The highest BCUT2D eigenvalue weighted by molar-refractivity contribution is 5.99. The second kappa shape index (κ2) is 12.4. The minimum absolute atomic E-state index is 0.121. The van der Waals surface area contributed by atoms with Crippen LogP contribution in [0.15, 0.2) is 37.3 Å². The lowest BCUT2D eigenvalue weighted by Gasteiger charge is -2.33. The van der Waals surface area contributed by atoms with E-state index >= 15 is 0 Å². The number of pyridine rings is 1. The molecule has 2 aliphatic rings. The molecule has 212 valence electrons. The molecule has 3 N–H and O–H groups in total. The van der Waals surface area contributed by atoms with Crippen molar-refractivity contribution in [3.63, 3.8) is 0 Å². The van der Waals surface area contributed by atoms with Crippen LogP contribution in [0.2, 0.25) is 0 Å². The molecule has 40 heavy (non-hydrogen) atoms. The lowest BCUT2D eigenvalue weighted by molar-refractivity contribution is -0.142. The predicted octanol–water partition coefficient (Wildman–Crippen LogP) is 2.20. The quantitative estimate of drug-likeness (QED) is 0.339. The van der Waals surface area contributed by atoms with E-state index in [2.05, 4.69) is 46.5 Å². The molecule has 1 unspecified atom stereocenters. The van der Waals surface area contributed by atoms with Crippen LogP contribution in [0, 0.1) is 0 Å². The van der Waals surface area contributed by atoms with Gasteiger partial charge in [-0.2, -0.15) is 19.6 Å². The summed E-state index contributed by atoms with van der Waals surface area (Å²) in [5, 5.41) is 14.2. The summed E-state index contributed by atoms with van der Waals surface area (Å²) in [4.78, 5) is 40.4. The fourth-order valence-electron chi connectivity index (χ4n) is 4.77. The highest BCUT2D eigenvalue weighted by Crippen LogP contribution is 2.23. The largest absolute Gasteiger partial charge is 0.381 e. The molecule has 2 fully saturated rings. The minimum atomic E-state index is -0.744. The van der Waals surface area contributed by atoms with Gasteiger partial charge in [0.2, 0.25) is 23.7 Å². The number of hydrogen-bond acceptors (Lipinski definition) is 10. The molecule has 0 bridgehead atoms. The summed E-state index contributed by atoms with van der Waals surface area (Å²) < 4.78 is 12.6. The fraction of sp³-hybridized carbons (Fsp3) is 0.481. The highest BCUT2D eigenvalue weighted by atomic mass is 16.5. The summed E-state index contributed by atoms with van der Waals surface area (Å²) in [5.41, 5.74) is 3.10. The van der Waals surface area contributed by atoms with Gasteiger partial charge in [-0.15, -0.1) is 0 Å². The van der Waals surface area contributed by atoms with Crippen LogP contribution in [0.3, 0.4) is 0 Å². The molecule has 2 aliphatic heterocycles. The van der Waals surface area contributed by atoms with E-state index in [4.69, 9.17) is 19.4 Å². The molecule has 0 spiro atoms. The first-order valence-electron chi connectivity index (χ1n) is 13.5. The van der Waals surface area contributed by atoms with Gasteiger partial charge < -0.3 is 30.3 Å². The highest BCUT2D eigenvalue weighted by Gasteiger charge is 2.32. The molecule has 0 aliphatic carbocycles. The van der Waals surface area contributed by atoms with E-state index in [0.717, 1.165) is 29.6 Å². The van der Waals surface area contributed by atoms with Crippen LogP contribution in [0.4, 0.5) is 17.6 Å². The van der Waals surface area contributed by atoms with E-state index in [9.17, 15) is 9.59 Å². The first-order valence-corrected chi connectivity index (χ1v) is 13.5. The van der Waals surface area contributed by atoms with E-state index in [1.165, 1.54) is 11.0 Å². The van der Waals surface area contributed by atoms with E-state index in [1.54, 1.807) is 16.9 Å². The Kier molecular flexibility index (Phi) is 8.51. The Morgan fingerprint density at radius 2 is 1.98 bits per heavy atom. The third-order valence-electron chi connectivity index (χ3n) is 6.97. The fourth-order valence-corrected chi connectivity index (χ4v) is 4.77. The first kappa shape index (κ1) is 27.5. The van der Waals surface area contributed by atoms with Crippen LogP contribution in [0.1, 0.15) is 43.7 Å². The number of ether oxygens (including phenoxy) is 2. The van der Waals surface area contributed by atoms with Crippen molar-refractivity contribution in [2.75, 3.05) is 48.9 Å². The minimum Gasteiger partial charge on any atom is -0.381 e. The second-order valence-electron chi connectivity index (χ2n) is 10.1. The molecular weight excluding hydrogens is 514 g/mol. The maximum absolute atomic E-state index is 13.0. The summed E-state index contributed by atoms with van der Waals surface area (Å²) in [6, 6.07) is 1.32.